The van der Waals surface area contributed by atoms with Crippen molar-refractivity contribution < 1.29 is 19.4 Å². The molecule has 5 heteroatoms. The molecule has 0 bridgehead atoms. The standard InChI is InChI=1S/C15H19NO4.C2H6/c1-2-14(17)16-9-3-4-12(16)10-20-13-7-5-11(6-8-13)15(18)19;1-2/h5-8,12H,2-4,9-10H2,1H3,(H,18,19);1-2H3. The van der Waals surface area contributed by atoms with Crippen LogP contribution in [0.1, 0.15) is 50.4 Å². The minimum absolute atomic E-state index is 0.126. The number of carbonyl (C=O) groups excluding carboxylic acids is 1. The fourth-order valence-corrected chi connectivity index (χ4v) is 2.43. The number of ether oxygens (including phenoxy) is 1. The van der Waals surface area contributed by atoms with E-state index in [4.69, 9.17) is 9.84 Å². The lowest BCUT2D eigenvalue weighted by Gasteiger charge is -2.24. The average molecular weight is 307 g/mol. The first-order valence-corrected chi connectivity index (χ1v) is 7.87. The highest BCUT2D eigenvalue weighted by Crippen LogP contribution is 2.20. The molecule has 1 aromatic carbocycles. The van der Waals surface area contributed by atoms with Crippen LogP contribution in [0.3, 0.4) is 0 Å². The van der Waals surface area contributed by atoms with Gasteiger partial charge in [0.05, 0.1) is 11.6 Å². The number of amides is 1. The van der Waals surface area contributed by atoms with Crippen molar-refractivity contribution in [2.75, 3.05) is 13.2 Å². The second-order valence-electron chi connectivity index (χ2n) is 4.88. The Balaban J connectivity index is 0.00000116. The van der Waals surface area contributed by atoms with E-state index >= 15 is 0 Å². The lowest BCUT2D eigenvalue weighted by atomic mass is 10.2. The van der Waals surface area contributed by atoms with E-state index in [2.05, 4.69) is 0 Å². The van der Waals surface area contributed by atoms with Gasteiger partial charge in [-0.2, -0.15) is 0 Å². The van der Waals surface area contributed by atoms with Gasteiger partial charge in [0.25, 0.3) is 0 Å². The SMILES string of the molecule is CC.CCC(=O)N1CCCC1COc1ccc(C(=O)O)cc1. The second-order valence-corrected chi connectivity index (χ2v) is 4.88. The van der Waals surface area contributed by atoms with Crippen LogP contribution in [0.4, 0.5) is 0 Å². The molecule has 1 atom stereocenters. The highest BCUT2D eigenvalue weighted by Gasteiger charge is 2.28. The molecule has 1 amide bonds. The third kappa shape index (κ3) is 4.76. The number of carbonyl (C=O) groups is 2. The Morgan fingerprint density at radius 1 is 1.27 bits per heavy atom. The quantitative estimate of drug-likeness (QED) is 0.907. The van der Waals surface area contributed by atoms with Crippen molar-refractivity contribution >= 4 is 11.9 Å². The maximum atomic E-state index is 11.8. The molecule has 1 unspecified atom stereocenters. The van der Waals surface area contributed by atoms with Crippen LogP contribution in [0.2, 0.25) is 0 Å². The maximum absolute atomic E-state index is 11.8. The van der Waals surface area contributed by atoms with E-state index in [1.807, 2.05) is 25.7 Å². The maximum Gasteiger partial charge on any atom is 0.335 e. The zero-order chi connectivity index (χ0) is 16.5. The number of aromatic carboxylic acids is 1. The van der Waals surface area contributed by atoms with Crippen LogP contribution < -0.4 is 4.74 Å². The summed E-state index contributed by atoms with van der Waals surface area (Å²) in [5.74, 6) is -0.157. The first-order chi connectivity index (χ1) is 10.6. The number of benzene rings is 1. The lowest BCUT2D eigenvalue weighted by Crippen LogP contribution is -2.38. The van der Waals surface area contributed by atoms with Gasteiger partial charge >= 0.3 is 5.97 Å². The summed E-state index contributed by atoms with van der Waals surface area (Å²) in [5.41, 5.74) is 0.237. The molecule has 0 aliphatic carbocycles. The average Bonchev–Trinajstić information content (AvgIpc) is 3.03. The number of hydrogen-bond acceptors (Lipinski definition) is 3. The van der Waals surface area contributed by atoms with E-state index in [9.17, 15) is 9.59 Å². The number of carboxylic acid groups (broad SMARTS) is 1. The Bertz CT molecular complexity index is 484. The highest BCUT2D eigenvalue weighted by molar-refractivity contribution is 5.87. The third-order valence-corrected chi connectivity index (χ3v) is 3.54. The molecule has 5 nitrogen and oxygen atoms in total. The van der Waals surface area contributed by atoms with Crippen LogP contribution in [-0.2, 0) is 4.79 Å². The van der Waals surface area contributed by atoms with Crippen LogP contribution >= 0.6 is 0 Å². The van der Waals surface area contributed by atoms with Crippen molar-refractivity contribution in [3.63, 3.8) is 0 Å². The van der Waals surface area contributed by atoms with Crippen LogP contribution in [-0.4, -0.2) is 41.1 Å². The van der Waals surface area contributed by atoms with E-state index in [0.717, 1.165) is 19.4 Å². The number of hydrogen-bond donors (Lipinski definition) is 1. The topological polar surface area (TPSA) is 66.8 Å². The number of rotatable bonds is 5. The first-order valence-electron chi connectivity index (χ1n) is 7.87. The molecule has 1 fully saturated rings. The van der Waals surface area contributed by atoms with Gasteiger partial charge in [0.15, 0.2) is 0 Å². The smallest absolute Gasteiger partial charge is 0.335 e. The normalized spacial score (nSPS) is 16.7. The molecule has 22 heavy (non-hydrogen) atoms. The molecule has 0 spiro atoms. The van der Waals surface area contributed by atoms with Crippen LogP contribution in [0.15, 0.2) is 24.3 Å². The van der Waals surface area contributed by atoms with Gasteiger partial charge in [-0.1, -0.05) is 20.8 Å². The molecule has 1 saturated heterocycles. The third-order valence-electron chi connectivity index (χ3n) is 3.54. The Morgan fingerprint density at radius 2 is 1.91 bits per heavy atom. The Hall–Kier alpha value is -2.04. The summed E-state index contributed by atoms with van der Waals surface area (Å²) in [7, 11) is 0. The Kier molecular flexibility index (Phi) is 7.43. The molecule has 0 saturated carbocycles. The number of likely N-dealkylation sites (tertiary alicyclic amines) is 1. The predicted octanol–water partition coefficient (Wildman–Crippen LogP) is 3.19. The summed E-state index contributed by atoms with van der Waals surface area (Å²) in [5, 5.41) is 8.82. The lowest BCUT2D eigenvalue weighted by molar-refractivity contribution is -0.132. The molecule has 122 valence electrons. The van der Waals surface area contributed by atoms with E-state index in [0.29, 0.717) is 18.8 Å². The summed E-state index contributed by atoms with van der Waals surface area (Å²) in [6, 6.07) is 6.44. The highest BCUT2D eigenvalue weighted by atomic mass is 16.5. The minimum atomic E-state index is -0.952. The zero-order valence-corrected chi connectivity index (χ0v) is 13.5. The van der Waals surface area contributed by atoms with Gasteiger partial charge in [0, 0.05) is 13.0 Å². The molecular formula is C17H25NO4. The van der Waals surface area contributed by atoms with Crippen LogP contribution in [0, 0.1) is 0 Å². The molecule has 1 N–H and O–H groups in total. The van der Waals surface area contributed by atoms with Crippen LogP contribution in [0.5, 0.6) is 5.75 Å². The fourth-order valence-electron chi connectivity index (χ4n) is 2.43. The van der Waals surface area contributed by atoms with Gasteiger partial charge in [0.1, 0.15) is 12.4 Å². The monoisotopic (exact) mass is 307 g/mol. The van der Waals surface area contributed by atoms with Crippen molar-refractivity contribution in [2.24, 2.45) is 0 Å². The second kappa shape index (κ2) is 9.07. The van der Waals surface area contributed by atoms with Crippen molar-refractivity contribution in [2.45, 2.75) is 46.1 Å². The van der Waals surface area contributed by atoms with Crippen molar-refractivity contribution in [3.8, 4) is 5.75 Å². The molecule has 1 aliphatic heterocycles. The van der Waals surface area contributed by atoms with Crippen molar-refractivity contribution in [3.05, 3.63) is 29.8 Å². The van der Waals surface area contributed by atoms with E-state index in [1.54, 1.807) is 12.1 Å². The zero-order valence-electron chi connectivity index (χ0n) is 13.5. The molecular weight excluding hydrogens is 282 g/mol. The van der Waals surface area contributed by atoms with Crippen molar-refractivity contribution in [1.82, 2.24) is 4.90 Å². The molecule has 2 rings (SSSR count). The van der Waals surface area contributed by atoms with Gasteiger partial charge in [-0.05, 0) is 37.1 Å². The summed E-state index contributed by atoms with van der Waals surface area (Å²) < 4.78 is 5.66. The first kappa shape index (κ1) is 18.0. The molecule has 1 aromatic rings. The number of carboxylic acids is 1. The molecule has 0 radical (unpaired) electrons. The summed E-state index contributed by atoms with van der Waals surface area (Å²) >= 11 is 0. The number of nitrogens with zero attached hydrogens (tertiary/aromatic N) is 1. The largest absolute Gasteiger partial charge is 0.491 e. The molecule has 0 aromatic heterocycles. The van der Waals surface area contributed by atoms with Gasteiger partial charge in [-0.3, -0.25) is 4.79 Å². The molecule has 1 aliphatic rings. The Morgan fingerprint density at radius 3 is 2.45 bits per heavy atom. The van der Waals surface area contributed by atoms with E-state index < -0.39 is 5.97 Å². The summed E-state index contributed by atoms with van der Waals surface area (Å²) in [4.78, 5) is 24.4. The summed E-state index contributed by atoms with van der Waals surface area (Å²) in [6.45, 7) is 7.13. The predicted molar refractivity (Wildman–Crippen MR) is 85.3 cm³/mol. The Labute approximate surface area is 131 Å². The van der Waals surface area contributed by atoms with E-state index in [1.165, 1.54) is 12.1 Å². The van der Waals surface area contributed by atoms with Crippen LogP contribution in [0.25, 0.3) is 0 Å². The van der Waals surface area contributed by atoms with Gasteiger partial charge in [-0.25, -0.2) is 4.79 Å². The minimum Gasteiger partial charge on any atom is -0.491 e. The summed E-state index contributed by atoms with van der Waals surface area (Å²) in [6.07, 6.45) is 2.49. The van der Waals surface area contributed by atoms with Gasteiger partial charge in [-0.15, -0.1) is 0 Å². The molecule has 1 heterocycles. The van der Waals surface area contributed by atoms with Gasteiger partial charge < -0.3 is 14.7 Å². The fraction of sp³-hybridized carbons (Fsp3) is 0.529. The van der Waals surface area contributed by atoms with Crippen molar-refractivity contribution in [1.29, 1.82) is 0 Å². The van der Waals surface area contributed by atoms with E-state index in [-0.39, 0.29) is 17.5 Å². The van der Waals surface area contributed by atoms with Gasteiger partial charge in [0.2, 0.25) is 5.91 Å².